The average Bonchev–Trinajstić information content (AvgIpc) is 3.05. The maximum Gasteiger partial charge on any atom is -0.00201 e. The normalized spacial score (nSPS) is 11.8. The van der Waals surface area contributed by atoms with Crippen LogP contribution in [0.4, 0.5) is 0 Å². The van der Waals surface area contributed by atoms with Gasteiger partial charge in [0.15, 0.2) is 0 Å². The third-order valence-electron chi connectivity index (χ3n) is 8.96. The van der Waals surface area contributed by atoms with Crippen molar-refractivity contribution in [1.82, 2.24) is 0 Å². The topological polar surface area (TPSA) is 0 Å². The zero-order valence-electron chi connectivity index (χ0n) is 23.0. The third-order valence-corrected chi connectivity index (χ3v) is 8.96. The Bertz CT molecular complexity index is 2510. The van der Waals surface area contributed by atoms with Crippen molar-refractivity contribution in [3.8, 4) is 22.3 Å². The Morgan fingerprint density at radius 2 is 0.714 bits per heavy atom. The number of benzene rings is 9. The van der Waals surface area contributed by atoms with Crippen molar-refractivity contribution in [2.45, 2.75) is 0 Å². The van der Waals surface area contributed by atoms with Crippen molar-refractivity contribution in [3.05, 3.63) is 158 Å². The van der Waals surface area contributed by atoms with Gasteiger partial charge in [0.05, 0.1) is 0 Å². The van der Waals surface area contributed by atoms with Crippen LogP contribution >= 0.6 is 0 Å². The molecular weight excluding hydrogens is 504 g/mol. The second-order valence-electron chi connectivity index (χ2n) is 11.3. The molecule has 42 heavy (non-hydrogen) atoms. The Labute approximate surface area is 244 Å². The molecule has 0 atom stereocenters. The van der Waals surface area contributed by atoms with E-state index in [1.807, 2.05) is 0 Å². The Kier molecular flexibility index (Phi) is 5.00. The van der Waals surface area contributed by atoms with Gasteiger partial charge in [-0.1, -0.05) is 127 Å². The largest absolute Gasteiger partial charge is 0.0616 e. The summed E-state index contributed by atoms with van der Waals surface area (Å²) in [5, 5.41) is 15.3. The van der Waals surface area contributed by atoms with E-state index in [9.17, 15) is 0 Å². The van der Waals surface area contributed by atoms with Crippen LogP contribution in [-0.4, -0.2) is 0 Å². The second-order valence-corrected chi connectivity index (χ2v) is 11.3. The van der Waals surface area contributed by atoms with Crippen molar-refractivity contribution in [2.24, 2.45) is 0 Å². The number of rotatable bonds is 2. The number of hydrogen-bond acceptors (Lipinski definition) is 0. The summed E-state index contributed by atoms with van der Waals surface area (Å²) in [5.41, 5.74) is 5.10. The lowest BCUT2D eigenvalue weighted by Crippen LogP contribution is -1.92. The Morgan fingerprint density at radius 3 is 1.43 bits per heavy atom. The summed E-state index contributed by atoms with van der Waals surface area (Å²) in [6, 6.07) is 58.3. The van der Waals surface area contributed by atoms with Crippen LogP contribution in [0, 0.1) is 0 Å². The van der Waals surface area contributed by atoms with E-state index in [-0.39, 0.29) is 0 Å². The van der Waals surface area contributed by atoms with Crippen molar-refractivity contribution in [1.29, 1.82) is 0 Å². The molecule has 0 aliphatic rings. The van der Waals surface area contributed by atoms with Crippen LogP contribution in [0.2, 0.25) is 0 Å². The van der Waals surface area contributed by atoms with Gasteiger partial charge in [0.25, 0.3) is 0 Å². The molecule has 0 aliphatic heterocycles. The Hall–Kier alpha value is -5.46. The van der Waals surface area contributed by atoms with E-state index < -0.39 is 0 Å². The van der Waals surface area contributed by atoms with Gasteiger partial charge in [-0.05, 0) is 117 Å². The summed E-state index contributed by atoms with van der Waals surface area (Å²) >= 11 is 0. The van der Waals surface area contributed by atoms with Gasteiger partial charge in [-0.3, -0.25) is 0 Å². The van der Waals surface area contributed by atoms with Gasteiger partial charge in [-0.25, -0.2) is 0 Å². The van der Waals surface area contributed by atoms with Crippen LogP contribution in [0.3, 0.4) is 0 Å². The predicted octanol–water partition coefficient (Wildman–Crippen LogP) is 11.9. The Morgan fingerprint density at radius 1 is 0.214 bits per heavy atom. The monoisotopic (exact) mass is 530 g/mol. The maximum atomic E-state index is 2.40. The zero-order chi connectivity index (χ0) is 27.6. The van der Waals surface area contributed by atoms with Gasteiger partial charge in [0.1, 0.15) is 0 Å². The highest BCUT2D eigenvalue weighted by Crippen LogP contribution is 2.45. The second kappa shape index (κ2) is 9.03. The summed E-state index contributed by atoms with van der Waals surface area (Å²) in [6.45, 7) is 0. The first-order valence-corrected chi connectivity index (χ1v) is 14.6. The lowest BCUT2D eigenvalue weighted by molar-refractivity contribution is 1.67. The van der Waals surface area contributed by atoms with E-state index in [0.717, 1.165) is 0 Å². The molecule has 9 rings (SSSR count). The molecular formula is C42H26. The van der Waals surface area contributed by atoms with Crippen molar-refractivity contribution in [3.63, 3.8) is 0 Å². The van der Waals surface area contributed by atoms with Gasteiger partial charge in [0, 0.05) is 0 Å². The Balaban J connectivity index is 1.47. The predicted molar refractivity (Wildman–Crippen MR) is 182 cm³/mol. The highest BCUT2D eigenvalue weighted by molar-refractivity contribution is 6.20. The van der Waals surface area contributed by atoms with Crippen LogP contribution in [0.15, 0.2) is 158 Å². The first-order valence-electron chi connectivity index (χ1n) is 14.6. The van der Waals surface area contributed by atoms with Gasteiger partial charge in [-0.2, -0.15) is 0 Å². The van der Waals surface area contributed by atoms with Gasteiger partial charge < -0.3 is 0 Å². The van der Waals surface area contributed by atoms with E-state index in [0.29, 0.717) is 0 Å². The molecule has 0 saturated heterocycles. The van der Waals surface area contributed by atoms with Crippen LogP contribution in [0.5, 0.6) is 0 Å². The summed E-state index contributed by atoms with van der Waals surface area (Å²) < 4.78 is 0. The molecule has 0 aromatic heterocycles. The maximum absolute atomic E-state index is 2.40. The SMILES string of the molecule is c1ccc2cc3c(-c4c(-c5cc6ccccc6c6ccccc56)ccc5cc6ccccc6cc45)cccc3cc2c1. The molecule has 0 N–H and O–H groups in total. The summed E-state index contributed by atoms with van der Waals surface area (Å²) in [4.78, 5) is 0. The average molecular weight is 531 g/mol. The molecule has 9 aromatic carbocycles. The molecule has 0 spiro atoms. The summed E-state index contributed by atoms with van der Waals surface area (Å²) in [7, 11) is 0. The molecule has 0 nitrogen and oxygen atoms in total. The molecule has 0 aliphatic carbocycles. The lowest BCUT2D eigenvalue weighted by atomic mass is 9.84. The third kappa shape index (κ3) is 3.49. The fourth-order valence-electron chi connectivity index (χ4n) is 6.99. The quantitative estimate of drug-likeness (QED) is 0.154. The summed E-state index contributed by atoms with van der Waals surface area (Å²) in [6.07, 6.45) is 0. The van der Waals surface area contributed by atoms with E-state index in [1.54, 1.807) is 0 Å². The zero-order valence-corrected chi connectivity index (χ0v) is 23.0. The van der Waals surface area contributed by atoms with Crippen LogP contribution in [-0.2, 0) is 0 Å². The first kappa shape index (κ1) is 23.3. The van der Waals surface area contributed by atoms with Crippen molar-refractivity contribution < 1.29 is 0 Å². The number of hydrogen-bond donors (Lipinski definition) is 0. The minimum absolute atomic E-state index is 1.26. The number of fused-ring (bicyclic) bond motifs is 7. The van der Waals surface area contributed by atoms with Gasteiger partial charge >= 0.3 is 0 Å². The van der Waals surface area contributed by atoms with Crippen molar-refractivity contribution >= 4 is 64.6 Å². The minimum atomic E-state index is 1.26. The van der Waals surface area contributed by atoms with E-state index in [4.69, 9.17) is 0 Å². The lowest BCUT2D eigenvalue weighted by Gasteiger charge is -2.19. The van der Waals surface area contributed by atoms with Gasteiger partial charge in [0.2, 0.25) is 0 Å². The molecule has 0 saturated carbocycles. The van der Waals surface area contributed by atoms with Crippen LogP contribution in [0.1, 0.15) is 0 Å². The fraction of sp³-hybridized carbons (Fsp3) is 0. The van der Waals surface area contributed by atoms with Crippen LogP contribution in [0.25, 0.3) is 86.9 Å². The highest BCUT2D eigenvalue weighted by Gasteiger charge is 2.18. The molecule has 9 aromatic rings. The van der Waals surface area contributed by atoms with Crippen molar-refractivity contribution in [2.75, 3.05) is 0 Å². The highest BCUT2D eigenvalue weighted by atomic mass is 14.2. The van der Waals surface area contributed by atoms with Crippen LogP contribution < -0.4 is 0 Å². The molecule has 194 valence electrons. The summed E-state index contributed by atoms with van der Waals surface area (Å²) in [5.74, 6) is 0. The molecule has 0 bridgehead atoms. The van der Waals surface area contributed by atoms with E-state index in [1.165, 1.54) is 86.9 Å². The molecule has 0 fully saturated rings. The van der Waals surface area contributed by atoms with Gasteiger partial charge in [-0.15, -0.1) is 0 Å². The molecule has 0 radical (unpaired) electrons. The first-order chi connectivity index (χ1) is 20.8. The van der Waals surface area contributed by atoms with E-state index in [2.05, 4.69) is 158 Å². The molecule has 0 unspecified atom stereocenters. The smallest absolute Gasteiger partial charge is 0.00201 e. The molecule has 0 heteroatoms. The molecule has 0 amide bonds. The fourth-order valence-corrected chi connectivity index (χ4v) is 6.99. The van der Waals surface area contributed by atoms with E-state index >= 15 is 0 Å². The molecule has 0 heterocycles. The standard InChI is InChI=1S/C42H26/c1-3-12-29-24-39-31(22-27(29)10-1)15-9-19-37(39)42-38(21-20-33-23-28-11-2-4-13-30(28)25-40(33)42)41-26-32-14-5-6-16-34(32)35-17-7-8-18-36(35)41/h1-26H. The minimum Gasteiger partial charge on any atom is -0.0616 e.